The van der Waals surface area contributed by atoms with Crippen molar-refractivity contribution in [1.82, 2.24) is 0 Å². The Hall–Kier alpha value is -1.91. The highest BCUT2D eigenvalue weighted by Crippen LogP contribution is 2.36. The van der Waals surface area contributed by atoms with E-state index in [1.54, 1.807) is 6.07 Å². The van der Waals surface area contributed by atoms with Crippen molar-refractivity contribution in [1.29, 1.82) is 5.26 Å². The van der Waals surface area contributed by atoms with E-state index in [2.05, 4.69) is 0 Å². The van der Waals surface area contributed by atoms with Gasteiger partial charge < -0.3 is 9.31 Å². The average Bonchev–Trinajstić information content (AvgIpc) is 2.58. The quantitative estimate of drug-likeness (QED) is 0.466. The van der Waals surface area contributed by atoms with Crippen molar-refractivity contribution >= 4 is 18.3 Å². The number of nitriles is 1. The van der Waals surface area contributed by atoms with E-state index in [4.69, 9.17) is 14.6 Å². The first-order chi connectivity index (χ1) is 9.16. The zero-order chi connectivity index (χ0) is 15.1. The van der Waals surface area contributed by atoms with Crippen molar-refractivity contribution in [2.24, 2.45) is 0 Å². The summed E-state index contributed by atoms with van der Waals surface area (Å²) in [6.07, 6.45) is 0. The van der Waals surface area contributed by atoms with Crippen LogP contribution in [0.2, 0.25) is 0 Å². The third-order valence-electron chi connectivity index (χ3n) is 3.81. The minimum absolute atomic E-state index is 0.145. The molecule has 6 nitrogen and oxygen atoms in total. The normalized spacial score (nSPS) is 19.6. The third-order valence-corrected chi connectivity index (χ3v) is 3.81. The Balaban J connectivity index is 2.43. The van der Waals surface area contributed by atoms with E-state index in [1.165, 1.54) is 12.1 Å². The van der Waals surface area contributed by atoms with Crippen LogP contribution in [0.1, 0.15) is 33.3 Å². The molecule has 7 heteroatoms. The lowest BCUT2D eigenvalue weighted by molar-refractivity contribution is -0.384. The second-order valence-corrected chi connectivity index (χ2v) is 5.77. The molecule has 1 fully saturated rings. The lowest BCUT2D eigenvalue weighted by Gasteiger charge is -2.32. The van der Waals surface area contributed by atoms with Crippen LogP contribution in [0.4, 0.5) is 5.69 Å². The average molecular weight is 274 g/mol. The molecule has 0 aromatic heterocycles. The largest absolute Gasteiger partial charge is 0.495 e. The van der Waals surface area contributed by atoms with Gasteiger partial charge in [0.2, 0.25) is 0 Å². The Morgan fingerprint density at radius 1 is 1.20 bits per heavy atom. The van der Waals surface area contributed by atoms with Crippen LogP contribution in [0, 0.1) is 21.4 Å². The zero-order valence-electron chi connectivity index (χ0n) is 11.8. The van der Waals surface area contributed by atoms with Crippen molar-refractivity contribution in [3.63, 3.8) is 0 Å². The smallest absolute Gasteiger partial charge is 0.399 e. The molecule has 1 saturated heterocycles. The van der Waals surface area contributed by atoms with Gasteiger partial charge in [0, 0.05) is 12.1 Å². The molecular weight excluding hydrogens is 259 g/mol. The van der Waals surface area contributed by atoms with Crippen LogP contribution in [0.25, 0.3) is 0 Å². The molecule has 0 atom stereocenters. The second kappa shape index (κ2) is 4.58. The molecular formula is C13H15BN2O4. The molecule has 0 amide bonds. The highest BCUT2D eigenvalue weighted by Gasteiger charge is 2.52. The fourth-order valence-electron chi connectivity index (χ4n) is 1.92. The summed E-state index contributed by atoms with van der Waals surface area (Å²) in [5, 5.41) is 19.9. The summed E-state index contributed by atoms with van der Waals surface area (Å²) in [7, 11) is -0.716. The molecule has 0 aliphatic carbocycles. The van der Waals surface area contributed by atoms with E-state index in [1.807, 2.05) is 33.8 Å². The van der Waals surface area contributed by atoms with Crippen LogP contribution < -0.4 is 5.46 Å². The summed E-state index contributed by atoms with van der Waals surface area (Å²) in [4.78, 5) is 10.4. The lowest BCUT2D eigenvalue weighted by atomic mass is 9.78. The third kappa shape index (κ3) is 2.40. The van der Waals surface area contributed by atoms with Gasteiger partial charge in [-0.15, -0.1) is 0 Å². The summed E-state index contributed by atoms with van der Waals surface area (Å²) in [5.74, 6) is 0. The van der Waals surface area contributed by atoms with Gasteiger partial charge >= 0.3 is 7.12 Å². The van der Waals surface area contributed by atoms with Gasteiger partial charge in [-0.1, -0.05) is 0 Å². The van der Waals surface area contributed by atoms with Gasteiger partial charge in [-0.2, -0.15) is 5.26 Å². The Morgan fingerprint density at radius 2 is 1.75 bits per heavy atom. The van der Waals surface area contributed by atoms with E-state index in [-0.39, 0.29) is 11.3 Å². The van der Waals surface area contributed by atoms with E-state index in [0.29, 0.717) is 5.46 Å². The van der Waals surface area contributed by atoms with Crippen LogP contribution in [-0.4, -0.2) is 23.2 Å². The monoisotopic (exact) mass is 274 g/mol. The summed E-state index contributed by atoms with van der Waals surface area (Å²) in [6, 6.07) is 6.07. The van der Waals surface area contributed by atoms with Gasteiger partial charge in [-0.3, -0.25) is 10.1 Å². The number of hydrogen-bond donors (Lipinski definition) is 0. The molecule has 0 radical (unpaired) electrons. The predicted octanol–water partition coefficient (Wildman–Crippen LogP) is 1.77. The fourth-order valence-corrected chi connectivity index (χ4v) is 1.92. The van der Waals surface area contributed by atoms with Gasteiger partial charge in [-0.25, -0.2) is 0 Å². The van der Waals surface area contributed by atoms with Crippen LogP contribution in [0.5, 0.6) is 0 Å². The number of nitro groups is 1. The van der Waals surface area contributed by atoms with Crippen LogP contribution in [0.3, 0.4) is 0 Å². The molecule has 20 heavy (non-hydrogen) atoms. The van der Waals surface area contributed by atoms with Gasteiger partial charge in [0.05, 0.1) is 27.8 Å². The molecule has 1 aromatic carbocycles. The Morgan fingerprint density at radius 3 is 2.20 bits per heavy atom. The topological polar surface area (TPSA) is 85.4 Å². The maximum absolute atomic E-state index is 10.9. The van der Waals surface area contributed by atoms with Crippen LogP contribution >= 0.6 is 0 Å². The molecule has 0 N–H and O–H groups in total. The number of nitrogens with zero attached hydrogens (tertiary/aromatic N) is 2. The fraction of sp³-hybridized carbons (Fsp3) is 0.462. The first-order valence-corrected chi connectivity index (χ1v) is 6.21. The van der Waals surface area contributed by atoms with Crippen molar-refractivity contribution < 1.29 is 14.2 Å². The minimum Gasteiger partial charge on any atom is -0.399 e. The van der Waals surface area contributed by atoms with E-state index < -0.39 is 23.2 Å². The van der Waals surface area contributed by atoms with Crippen LogP contribution in [0.15, 0.2) is 18.2 Å². The predicted molar refractivity (Wildman–Crippen MR) is 73.5 cm³/mol. The first-order valence-electron chi connectivity index (χ1n) is 6.21. The molecule has 2 rings (SSSR count). The van der Waals surface area contributed by atoms with E-state index in [0.717, 1.165) is 0 Å². The lowest BCUT2D eigenvalue weighted by Crippen LogP contribution is -2.41. The maximum atomic E-state index is 10.9. The molecule has 0 bridgehead atoms. The Labute approximate surface area is 117 Å². The number of non-ortho nitro benzene ring substituents is 1. The van der Waals surface area contributed by atoms with Gasteiger partial charge in [-0.05, 0) is 39.2 Å². The number of rotatable bonds is 2. The van der Waals surface area contributed by atoms with E-state index >= 15 is 0 Å². The molecule has 0 spiro atoms. The number of nitro benzene ring substituents is 1. The van der Waals surface area contributed by atoms with Crippen molar-refractivity contribution in [2.75, 3.05) is 0 Å². The van der Waals surface area contributed by atoms with Crippen LogP contribution in [-0.2, 0) is 9.31 Å². The molecule has 0 unspecified atom stereocenters. The van der Waals surface area contributed by atoms with Crippen molar-refractivity contribution in [3.8, 4) is 6.07 Å². The van der Waals surface area contributed by atoms with Gasteiger partial charge in [0.15, 0.2) is 0 Å². The zero-order valence-corrected chi connectivity index (χ0v) is 11.8. The summed E-state index contributed by atoms with van der Waals surface area (Å²) >= 11 is 0. The molecule has 0 saturated carbocycles. The number of benzene rings is 1. The standard InChI is InChI=1S/C13H15BN2O4/c1-12(2)13(3,4)20-14(19-12)10-5-9(8-15)6-11(7-10)16(17)18/h5-7H,1-4H3. The van der Waals surface area contributed by atoms with Gasteiger partial charge in [0.1, 0.15) is 0 Å². The first kappa shape index (κ1) is 14.5. The minimum atomic E-state index is -0.716. The van der Waals surface area contributed by atoms with Gasteiger partial charge in [0.25, 0.3) is 5.69 Å². The number of hydrogen-bond acceptors (Lipinski definition) is 5. The highest BCUT2D eigenvalue weighted by atomic mass is 16.7. The maximum Gasteiger partial charge on any atom is 0.495 e. The van der Waals surface area contributed by atoms with E-state index in [9.17, 15) is 10.1 Å². The SMILES string of the molecule is CC1(C)OB(c2cc(C#N)cc([N+](=O)[O-])c2)OC1(C)C. The van der Waals surface area contributed by atoms with Crippen molar-refractivity contribution in [3.05, 3.63) is 33.9 Å². The summed E-state index contributed by atoms with van der Waals surface area (Å²) in [5.41, 5.74) is -0.517. The molecule has 104 valence electrons. The summed E-state index contributed by atoms with van der Waals surface area (Å²) < 4.78 is 11.7. The summed E-state index contributed by atoms with van der Waals surface area (Å²) in [6.45, 7) is 7.59. The highest BCUT2D eigenvalue weighted by molar-refractivity contribution is 6.62. The molecule has 1 aliphatic rings. The van der Waals surface area contributed by atoms with Crippen molar-refractivity contribution in [2.45, 2.75) is 38.9 Å². The second-order valence-electron chi connectivity index (χ2n) is 5.77. The molecule has 1 aliphatic heterocycles. The Kier molecular flexibility index (Phi) is 3.32. The Bertz CT molecular complexity index is 591. The molecule has 1 aromatic rings. The molecule has 1 heterocycles.